The van der Waals surface area contributed by atoms with Gasteiger partial charge in [0.05, 0.1) is 0 Å². The van der Waals surface area contributed by atoms with Crippen LogP contribution < -0.4 is 0 Å². The highest BCUT2D eigenvalue weighted by Gasteiger charge is 2.17. The Labute approximate surface area is 142 Å². The number of ether oxygens (including phenoxy) is 1. The SMILES string of the molecule is CC(CCC(=O)OC(C)(C)C)c1ccc(C#C[Si](C)(C)C)cc1. The number of rotatable bonds is 4. The molecule has 0 fully saturated rings. The number of esters is 1. The van der Waals surface area contributed by atoms with Gasteiger partial charge in [0.1, 0.15) is 13.7 Å². The van der Waals surface area contributed by atoms with Crippen molar-refractivity contribution in [2.24, 2.45) is 0 Å². The van der Waals surface area contributed by atoms with Crippen molar-refractivity contribution < 1.29 is 9.53 Å². The molecule has 1 aromatic carbocycles. The van der Waals surface area contributed by atoms with Crippen molar-refractivity contribution >= 4 is 14.0 Å². The third kappa shape index (κ3) is 8.61. The highest BCUT2D eigenvalue weighted by Crippen LogP contribution is 2.22. The van der Waals surface area contributed by atoms with Crippen molar-refractivity contribution in [1.29, 1.82) is 0 Å². The van der Waals surface area contributed by atoms with Gasteiger partial charge in [-0.2, -0.15) is 0 Å². The van der Waals surface area contributed by atoms with Crippen LogP contribution in [0.1, 0.15) is 57.6 Å². The fourth-order valence-electron chi connectivity index (χ4n) is 2.05. The zero-order valence-corrected chi connectivity index (χ0v) is 16.6. The lowest BCUT2D eigenvalue weighted by molar-refractivity contribution is -0.155. The van der Waals surface area contributed by atoms with Gasteiger partial charge in [0, 0.05) is 12.0 Å². The van der Waals surface area contributed by atoms with Crippen LogP contribution in [0.25, 0.3) is 0 Å². The van der Waals surface area contributed by atoms with E-state index in [0.29, 0.717) is 12.3 Å². The lowest BCUT2D eigenvalue weighted by atomic mass is 9.95. The topological polar surface area (TPSA) is 26.3 Å². The van der Waals surface area contributed by atoms with Crippen LogP contribution in [-0.4, -0.2) is 19.6 Å². The minimum atomic E-state index is -1.33. The van der Waals surface area contributed by atoms with E-state index >= 15 is 0 Å². The molecule has 0 saturated carbocycles. The average molecular weight is 331 g/mol. The largest absolute Gasteiger partial charge is 0.460 e. The maximum Gasteiger partial charge on any atom is 0.306 e. The van der Waals surface area contributed by atoms with E-state index in [0.717, 1.165) is 12.0 Å². The van der Waals surface area contributed by atoms with Crippen molar-refractivity contribution in [1.82, 2.24) is 0 Å². The molecular weight excluding hydrogens is 300 g/mol. The zero-order valence-electron chi connectivity index (χ0n) is 15.6. The van der Waals surface area contributed by atoms with Crippen molar-refractivity contribution in [3.63, 3.8) is 0 Å². The molecule has 1 atom stereocenters. The van der Waals surface area contributed by atoms with E-state index in [-0.39, 0.29) is 5.97 Å². The summed E-state index contributed by atoms with van der Waals surface area (Å²) in [5.74, 6) is 3.48. The Morgan fingerprint density at radius 3 is 2.22 bits per heavy atom. The van der Waals surface area contributed by atoms with Crippen LogP contribution in [-0.2, 0) is 9.53 Å². The Bertz CT molecular complexity index is 577. The van der Waals surface area contributed by atoms with Crippen LogP contribution >= 0.6 is 0 Å². The molecule has 0 spiro atoms. The summed E-state index contributed by atoms with van der Waals surface area (Å²) >= 11 is 0. The molecule has 0 radical (unpaired) electrons. The zero-order chi connectivity index (χ0) is 17.7. The first-order valence-electron chi connectivity index (χ1n) is 8.31. The van der Waals surface area contributed by atoms with Gasteiger partial charge in [0.2, 0.25) is 0 Å². The fraction of sp³-hybridized carbons (Fsp3) is 0.550. The Balaban J connectivity index is 2.59. The van der Waals surface area contributed by atoms with Gasteiger partial charge in [-0.25, -0.2) is 0 Å². The smallest absolute Gasteiger partial charge is 0.306 e. The lowest BCUT2D eigenvalue weighted by Gasteiger charge is -2.20. The second-order valence-electron chi connectivity index (χ2n) is 8.15. The molecule has 1 unspecified atom stereocenters. The molecule has 3 heteroatoms. The molecule has 2 nitrogen and oxygen atoms in total. The molecule has 23 heavy (non-hydrogen) atoms. The maximum atomic E-state index is 11.8. The summed E-state index contributed by atoms with van der Waals surface area (Å²) in [5.41, 5.74) is 5.28. The Morgan fingerprint density at radius 2 is 1.74 bits per heavy atom. The number of hydrogen-bond acceptors (Lipinski definition) is 2. The van der Waals surface area contributed by atoms with Crippen LogP contribution in [0.3, 0.4) is 0 Å². The standard InChI is InChI=1S/C20H30O2Si/c1-16(8-13-19(21)22-20(2,3)4)18-11-9-17(10-12-18)14-15-23(5,6)7/h9-12,16H,8,13H2,1-7H3. The summed E-state index contributed by atoms with van der Waals surface area (Å²) < 4.78 is 5.35. The molecule has 0 saturated heterocycles. The lowest BCUT2D eigenvalue weighted by Crippen LogP contribution is -2.23. The summed E-state index contributed by atoms with van der Waals surface area (Å²) in [6.45, 7) is 14.6. The van der Waals surface area contributed by atoms with Crippen molar-refractivity contribution in [3.8, 4) is 11.5 Å². The average Bonchev–Trinajstić information content (AvgIpc) is 2.40. The van der Waals surface area contributed by atoms with Gasteiger partial charge in [0.15, 0.2) is 0 Å². The number of carbonyl (C=O) groups is 1. The molecule has 1 rings (SSSR count). The first kappa shape index (κ1) is 19.5. The summed E-state index contributed by atoms with van der Waals surface area (Å²) in [5, 5.41) is 0. The predicted molar refractivity (Wildman–Crippen MR) is 100 cm³/mol. The molecule has 0 bridgehead atoms. The quantitative estimate of drug-likeness (QED) is 0.434. The summed E-state index contributed by atoms with van der Waals surface area (Å²) in [7, 11) is -1.33. The molecule has 0 aliphatic heterocycles. The van der Waals surface area contributed by atoms with Gasteiger partial charge in [-0.3, -0.25) is 4.79 Å². The van der Waals surface area contributed by atoms with Crippen LogP contribution in [0.5, 0.6) is 0 Å². The summed E-state index contributed by atoms with van der Waals surface area (Å²) in [4.78, 5) is 11.8. The fourth-order valence-corrected chi connectivity index (χ4v) is 2.57. The van der Waals surface area contributed by atoms with E-state index in [9.17, 15) is 4.79 Å². The van der Waals surface area contributed by atoms with Crippen molar-refractivity contribution in [2.45, 2.75) is 71.7 Å². The highest BCUT2D eigenvalue weighted by molar-refractivity contribution is 6.83. The van der Waals surface area contributed by atoms with Crippen molar-refractivity contribution in [2.75, 3.05) is 0 Å². The molecule has 126 valence electrons. The van der Waals surface area contributed by atoms with Crippen LogP contribution in [0.2, 0.25) is 19.6 Å². The number of hydrogen-bond donors (Lipinski definition) is 0. The third-order valence-electron chi connectivity index (χ3n) is 3.26. The van der Waals surface area contributed by atoms with Gasteiger partial charge in [-0.15, -0.1) is 5.54 Å². The maximum absolute atomic E-state index is 11.8. The van der Waals surface area contributed by atoms with Gasteiger partial charge in [-0.1, -0.05) is 44.6 Å². The van der Waals surface area contributed by atoms with Crippen LogP contribution in [0, 0.1) is 11.5 Å². The van der Waals surface area contributed by atoms with Crippen molar-refractivity contribution in [3.05, 3.63) is 35.4 Å². The normalized spacial score (nSPS) is 13.0. The second-order valence-corrected chi connectivity index (χ2v) is 12.9. The molecule has 0 heterocycles. The molecular formula is C20H30O2Si. The molecule has 0 aliphatic rings. The van der Waals surface area contributed by atoms with Crippen LogP contribution in [0.15, 0.2) is 24.3 Å². The Morgan fingerprint density at radius 1 is 1.17 bits per heavy atom. The molecule has 0 aliphatic carbocycles. The Hall–Kier alpha value is -1.53. The first-order valence-corrected chi connectivity index (χ1v) is 11.8. The predicted octanol–water partition coefficient (Wildman–Crippen LogP) is 5.14. The monoisotopic (exact) mass is 330 g/mol. The minimum absolute atomic E-state index is 0.123. The summed E-state index contributed by atoms with van der Waals surface area (Å²) in [6, 6.07) is 8.39. The second kappa shape index (κ2) is 7.83. The molecule has 0 amide bonds. The van der Waals surface area contributed by atoms with Gasteiger partial charge in [0.25, 0.3) is 0 Å². The minimum Gasteiger partial charge on any atom is -0.460 e. The third-order valence-corrected chi connectivity index (χ3v) is 4.14. The highest BCUT2D eigenvalue weighted by atomic mass is 28.3. The number of benzene rings is 1. The van der Waals surface area contributed by atoms with E-state index in [1.165, 1.54) is 5.56 Å². The van der Waals surface area contributed by atoms with E-state index in [1.54, 1.807) is 0 Å². The molecule has 0 aromatic heterocycles. The van der Waals surface area contributed by atoms with E-state index < -0.39 is 13.7 Å². The van der Waals surface area contributed by atoms with Gasteiger partial charge >= 0.3 is 5.97 Å². The first-order chi connectivity index (χ1) is 10.5. The van der Waals surface area contributed by atoms with E-state index in [1.807, 2.05) is 20.8 Å². The Kier molecular flexibility index (Phi) is 6.65. The molecule has 1 aromatic rings. The van der Waals surface area contributed by atoms with Gasteiger partial charge < -0.3 is 4.74 Å². The van der Waals surface area contributed by atoms with Crippen LogP contribution in [0.4, 0.5) is 0 Å². The number of carbonyl (C=O) groups excluding carboxylic acids is 1. The van der Waals surface area contributed by atoms with E-state index in [4.69, 9.17) is 4.74 Å². The van der Waals surface area contributed by atoms with E-state index in [2.05, 4.69) is 62.3 Å². The van der Waals surface area contributed by atoms with Gasteiger partial charge in [-0.05, 0) is 50.8 Å². The summed E-state index contributed by atoms with van der Waals surface area (Å²) in [6.07, 6.45) is 1.25. The molecule has 0 N–H and O–H groups in total.